The molecule has 0 spiro atoms. The van der Waals surface area contributed by atoms with Crippen LogP contribution < -0.4 is 10.6 Å². The molecular formula is C16H26N4O2. The average Bonchev–Trinajstić information content (AvgIpc) is 3.17. The maximum absolute atomic E-state index is 12.0. The first-order chi connectivity index (χ1) is 10.7. The molecule has 6 nitrogen and oxygen atoms in total. The van der Waals surface area contributed by atoms with Crippen LogP contribution in [0, 0.1) is 5.92 Å². The van der Waals surface area contributed by atoms with Crippen LogP contribution in [0.4, 0.5) is 5.82 Å². The number of carbonyl (C=O) groups excluding carboxylic acids is 1. The Hall–Kier alpha value is -1.40. The van der Waals surface area contributed by atoms with Crippen LogP contribution in [0.15, 0.2) is 12.3 Å². The summed E-state index contributed by atoms with van der Waals surface area (Å²) in [6, 6.07) is 2.24. The van der Waals surface area contributed by atoms with Gasteiger partial charge in [0.05, 0.1) is 12.1 Å². The topological polar surface area (TPSA) is 68.2 Å². The monoisotopic (exact) mass is 306 g/mol. The molecule has 1 aromatic heterocycles. The van der Waals surface area contributed by atoms with Gasteiger partial charge < -0.3 is 15.4 Å². The summed E-state index contributed by atoms with van der Waals surface area (Å²) >= 11 is 0. The van der Waals surface area contributed by atoms with Gasteiger partial charge in [-0.15, -0.1) is 0 Å². The molecule has 6 heteroatoms. The van der Waals surface area contributed by atoms with E-state index >= 15 is 0 Å². The molecule has 2 fully saturated rings. The highest BCUT2D eigenvalue weighted by Gasteiger charge is 2.23. The fraction of sp³-hybridized carbons (Fsp3) is 0.750. The molecule has 0 radical (unpaired) electrons. The van der Waals surface area contributed by atoms with E-state index in [2.05, 4.69) is 22.7 Å². The fourth-order valence-corrected chi connectivity index (χ4v) is 3.36. The van der Waals surface area contributed by atoms with E-state index in [4.69, 9.17) is 4.74 Å². The second-order valence-electron chi connectivity index (χ2n) is 6.49. The summed E-state index contributed by atoms with van der Waals surface area (Å²) < 4.78 is 7.71. The zero-order valence-corrected chi connectivity index (χ0v) is 13.3. The fourth-order valence-electron chi connectivity index (χ4n) is 3.36. The lowest BCUT2D eigenvalue weighted by molar-refractivity contribution is -0.124. The van der Waals surface area contributed by atoms with Crippen molar-refractivity contribution >= 4 is 11.7 Å². The number of nitrogens with one attached hydrogen (secondary N) is 2. The number of hydrogen-bond donors (Lipinski definition) is 2. The van der Waals surface area contributed by atoms with Crippen molar-refractivity contribution in [1.29, 1.82) is 0 Å². The lowest BCUT2D eigenvalue weighted by Gasteiger charge is -2.28. The minimum atomic E-state index is -0.118. The molecule has 3 unspecified atom stereocenters. The van der Waals surface area contributed by atoms with Gasteiger partial charge in [0, 0.05) is 18.8 Å². The van der Waals surface area contributed by atoms with Gasteiger partial charge in [0.2, 0.25) is 0 Å². The van der Waals surface area contributed by atoms with Crippen molar-refractivity contribution in [1.82, 2.24) is 15.1 Å². The minimum absolute atomic E-state index is 0.118. The molecular weight excluding hydrogens is 280 g/mol. The maximum Gasteiger partial charge on any atom is 0.251 e. The van der Waals surface area contributed by atoms with Crippen LogP contribution in [0.2, 0.25) is 0 Å². The predicted molar refractivity (Wildman–Crippen MR) is 84.8 cm³/mol. The van der Waals surface area contributed by atoms with Gasteiger partial charge in [0.1, 0.15) is 6.61 Å². The molecule has 122 valence electrons. The van der Waals surface area contributed by atoms with Crippen LogP contribution in [0.3, 0.4) is 0 Å². The van der Waals surface area contributed by atoms with Crippen molar-refractivity contribution in [2.45, 2.75) is 51.2 Å². The van der Waals surface area contributed by atoms with Gasteiger partial charge in [0.15, 0.2) is 5.82 Å². The number of carbonyl (C=O) groups is 1. The van der Waals surface area contributed by atoms with Crippen molar-refractivity contribution in [3.63, 3.8) is 0 Å². The highest BCUT2D eigenvalue weighted by molar-refractivity contribution is 5.90. The molecule has 0 aromatic carbocycles. The molecule has 22 heavy (non-hydrogen) atoms. The minimum Gasteiger partial charge on any atom is -0.368 e. The second-order valence-corrected chi connectivity index (χ2v) is 6.49. The SMILES string of the molecule is CC1CCCCC1OCC(=O)Nc1ccn(C2CCNC2)n1. The largest absolute Gasteiger partial charge is 0.368 e. The van der Waals surface area contributed by atoms with E-state index in [0.29, 0.717) is 17.8 Å². The molecule has 3 rings (SSSR count). The normalized spacial score (nSPS) is 28.7. The standard InChI is InChI=1S/C16H26N4O2/c1-12-4-2-3-5-14(12)22-11-16(21)18-15-7-9-20(19-15)13-6-8-17-10-13/h7,9,12-14,17H,2-6,8,10-11H2,1H3,(H,18,19,21). The zero-order valence-electron chi connectivity index (χ0n) is 13.3. The Morgan fingerprint density at radius 2 is 2.32 bits per heavy atom. The van der Waals surface area contributed by atoms with Crippen LogP contribution in [0.5, 0.6) is 0 Å². The summed E-state index contributed by atoms with van der Waals surface area (Å²) in [7, 11) is 0. The first-order valence-electron chi connectivity index (χ1n) is 8.39. The smallest absolute Gasteiger partial charge is 0.251 e. The van der Waals surface area contributed by atoms with Gasteiger partial charge >= 0.3 is 0 Å². The Kier molecular flexibility index (Phi) is 5.10. The van der Waals surface area contributed by atoms with Gasteiger partial charge in [-0.25, -0.2) is 0 Å². The Balaban J connectivity index is 1.45. The van der Waals surface area contributed by atoms with Crippen molar-refractivity contribution in [3.8, 4) is 0 Å². The third kappa shape index (κ3) is 3.87. The van der Waals surface area contributed by atoms with Crippen molar-refractivity contribution in [2.75, 3.05) is 25.0 Å². The highest BCUT2D eigenvalue weighted by atomic mass is 16.5. The van der Waals surface area contributed by atoms with Crippen molar-refractivity contribution < 1.29 is 9.53 Å². The molecule has 1 saturated heterocycles. The summed E-state index contributed by atoms with van der Waals surface area (Å²) in [5.41, 5.74) is 0. The lowest BCUT2D eigenvalue weighted by Crippen LogP contribution is -2.29. The third-order valence-corrected chi connectivity index (χ3v) is 4.75. The van der Waals surface area contributed by atoms with Gasteiger partial charge in [-0.2, -0.15) is 5.10 Å². The van der Waals surface area contributed by atoms with Crippen LogP contribution in [0.25, 0.3) is 0 Å². The second kappa shape index (κ2) is 7.24. The molecule has 2 N–H and O–H groups in total. The first kappa shape index (κ1) is 15.5. The Bertz CT molecular complexity index is 496. The average molecular weight is 306 g/mol. The van der Waals surface area contributed by atoms with E-state index in [0.717, 1.165) is 25.9 Å². The molecule has 1 aromatic rings. The van der Waals surface area contributed by atoms with Gasteiger partial charge in [0.25, 0.3) is 5.91 Å². The van der Waals surface area contributed by atoms with Crippen LogP contribution in [-0.2, 0) is 9.53 Å². The van der Waals surface area contributed by atoms with Crippen molar-refractivity contribution in [3.05, 3.63) is 12.3 Å². The van der Waals surface area contributed by atoms with Crippen LogP contribution in [-0.4, -0.2) is 41.5 Å². The molecule has 2 heterocycles. The van der Waals surface area contributed by atoms with Gasteiger partial charge in [-0.05, 0) is 31.7 Å². The number of anilines is 1. The maximum atomic E-state index is 12.0. The number of aromatic nitrogens is 2. The number of rotatable bonds is 5. The lowest BCUT2D eigenvalue weighted by atomic mass is 9.88. The van der Waals surface area contributed by atoms with E-state index in [1.807, 2.05) is 16.9 Å². The van der Waals surface area contributed by atoms with E-state index in [1.54, 1.807) is 0 Å². The first-order valence-corrected chi connectivity index (χ1v) is 8.39. The quantitative estimate of drug-likeness (QED) is 0.872. The molecule has 2 aliphatic rings. The van der Waals surface area contributed by atoms with E-state index in [9.17, 15) is 4.79 Å². The van der Waals surface area contributed by atoms with Crippen LogP contribution >= 0.6 is 0 Å². The van der Waals surface area contributed by atoms with E-state index in [1.165, 1.54) is 19.3 Å². The zero-order chi connectivity index (χ0) is 15.4. The number of amides is 1. The Morgan fingerprint density at radius 3 is 3.09 bits per heavy atom. The summed E-state index contributed by atoms with van der Waals surface area (Å²) in [6.45, 7) is 4.29. The van der Waals surface area contributed by atoms with E-state index < -0.39 is 0 Å². The molecule has 0 bridgehead atoms. The highest BCUT2D eigenvalue weighted by Crippen LogP contribution is 2.26. The molecule has 1 aliphatic carbocycles. The van der Waals surface area contributed by atoms with Crippen molar-refractivity contribution in [2.24, 2.45) is 5.92 Å². The molecule has 3 atom stereocenters. The molecule has 1 amide bonds. The summed E-state index contributed by atoms with van der Waals surface area (Å²) in [5, 5.41) is 10.6. The Morgan fingerprint density at radius 1 is 1.45 bits per heavy atom. The van der Waals surface area contributed by atoms with E-state index in [-0.39, 0.29) is 18.6 Å². The third-order valence-electron chi connectivity index (χ3n) is 4.75. The number of nitrogens with zero attached hydrogens (tertiary/aromatic N) is 2. The Labute approximate surface area is 131 Å². The summed E-state index contributed by atoms with van der Waals surface area (Å²) in [6.07, 6.45) is 7.98. The summed E-state index contributed by atoms with van der Waals surface area (Å²) in [5.74, 6) is 1.04. The molecule has 1 aliphatic heterocycles. The van der Waals surface area contributed by atoms with Gasteiger partial charge in [-0.1, -0.05) is 19.8 Å². The molecule has 1 saturated carbocycles. The predicted octanol–water partition coefficient (Wildman–Crippen LogP) is 1.95. The number of ether oxygens (including phenoxy) is 1. The number of hydrogen-bond acceptors (Lipinski definition) is 4. The van der Waals surface area contributed by atoms with Crippen LogP contribution in [0.1, 0.15) is 45.1 Å². The van der Waals surface area contributed by atoms with Gasteiger partial charge in [-0.3, -0.25) is 9.48 Å². The summed E-state index contributed by atoms with van der Waals surface area (Å²) in [4.78, 5) is 12.0.